The lowest BCUT2D eigenvalue weighted by Gasteiger charge is -2.17. The number of rotatable bonds is 4. The zero-order chi connectivity index (χ0) is 18.1. The van der Waals surface area contributed by atoms with Crippen LogP contribution in [0.1, 0.15) is 16.3 Å². The number of H-pyrrole nitrogens is 1. The van der Waals surface area contributed by atoms with E-state index in [1.54, 1.807) is 18.1 Å². The topological polar surface area (TPSA) is 61.9 Å². The molecule has 4 rings (SSSR count). The van der Waals surface area contributed by atoms with Gasteiger partial charge in [0.2, 0.25) is 0 Å². The molecule has 0 spiro atoms. The van der Waals surface area contributed by atoms with Crippen molar-refractivity contribution in [3.05, 3.63) is 71.3 Å². The Morgan fingerprint density at radius 2 is 2.04 bits per heavy atom. The number of benzene rings is 2. The monoisotopic (exact) mass is 364 g/mol. The van der Waals surface area contributed by atoms with Gasteiger partial charge in [0.25, 0.3) is 5.91 Å². The molecule has 1 amide bonds. The zero-order valence-corrected chi connectivity index (χ0v) is 15.0. The molecular weight excluding hydrogens is 348 g/mol. The standard InChI is InChI=1S/C20H17ClN4O/c1-25(11-9-18-23-16-7-6-14(21)12-17(16)24-18)20(26)19-15-5-3-2-4-13(15)8-10-22-19/h2-8,10,12H,9,11H2,1H3,(H,23,24). The second-order valence-electron chi connectivity index (χ2n) is 6.20. The number of carbonyl (C=O) groups excluding carboxylic acids is 1. The lowest BCUT2D eigenvalue weighted by atomic mass is 10.1. The molecule has 2 heterocycles. The highest BCUT2D eigenvalue weighted by atomic mass is 35.5. The third-order valence-electron chi connectivity index (χ3n) is 4.40. The fraction of sp³-hybridized carbons (Fsp3) is 0.150. The van der Waals surface area contributed by atoms with Crippen LogP contribution in [0.25, 0.3) is 21.8 Å². The van der Waals surface area contributed by atoms with Crippen LogP contribution in [0.2, 0.25) is 5.02 Å². The van der Waals surface area contributed by atoms with Crippen molar-refractivity contribution in [1.29, 1.82) is 0 Å². The first-order chi connectivity index (χ1) is 12.6. The zero-order valence-electron chi connectivity index (χ0n) is 14.2. The maximum Gasteiger partial charge on any atom is 0.272 e. The van der Waals surface area contributed by atoms with Crippen molar-refractivity contribution in [3.8, 4) is 0 Å². The molecule has 1 N–H and O–H groups in total. The summed E-state index contributed by atoms with van der Waals surface area (Å²) in [5.41, 5.74) is 2.24. The summed E-state index contributed by atoms with van der Waals surface area (Å²) in [5, 5.41) is 2.54. The number of aromatic amines is 1. The predicted molar refractivity (Wildman–Crippen MR) is 104 cm³/mol. The minimum Gasteiger partial charge on any atom is -0.342 e. The number of fused-ring (bicyclic) bond motifs is 2. The number of nitrogens with zero attached hydrogens (tertiary/aromatic N) is 3. The third-order valence-corrected chi connectivity index (χ3v) is 4.63. The summed E-state index contributed by atoms with van der Waals surface area (Å²) in [4.78, 5) is 26.6. The largest absolute Gasteiger partial charge is 0.342 e. The quantitative estimate of drug-likeness (QED) is 0.593. The molecule has 0 atom stereocenters. The van der Waals surface area contributed by atoms with E-state index in [9.17, 15) is 4.79 Å². The van der Waals surface area contributed by atoms with Gasteiger partial charge in [-0.25, -0.2) is 4.98 Å². The molecule has 2 aromatic carbocycles. The van der Waals surface area contributed by atoms with E-state index in [1.165, 1.54) is 0 Å². The average Bonchev–Trinajstić information content (AvgIpc) is 3.07. The molecule has 4 aromatic rings. The van der Waals surface area contributed by atoms with Crippen molar-refractivity contribution < 1.29 is 4.79 Å². The van der Waals surface area contributed by atoms with Crippen molar-refractivity contribution >= 4 is 39.3 Å². The van der Waals surface area contributed by atoms with Crippen molar-refractivity contribution in [2.45, 2.75) is 6.42 Å². The van der Waals surface area contributed by atoms with Gasteiger partial charge in [-0.1, -0.05) is 35.9 Å². The summed E-state index contributed by atoms with van der Waals surface area (Å²) >= 11 is 6.00. The van der Waals surface area contributed by atoms with Crippen LogP contribution in [0.15, 0.2) is 54.7 Å². The number of aromatic nitrogens is 3. The molecule has 2 aromatic heterocycles. The van der Waals surface area contributed by atoms with Gasteiger partial charge in [0.15, 0.2) is 0 Å². The summed E-state index contributed by atoms with van der Waals surface area (Å²) in [6, 6.07) is 15.2. The SMILES string of the molecule is CN(CCc1nc2ccc(Cl)cc2[nH]1)C(=O)c1nccc2ccccc12. The lowest BCUT2D eigenvalue weighted by Crippen LogP contribution is -2.29. The highest BCUT2D eigenvalue weighted by Gasteiger charge is 2.16. The number of likely N-dealkylation sites (N-methyl/N-ethyl adjacent to an activating group) is 1. The molecular formula is C20H17ClN4O. The highest BCUT2D eigenvalue weighted by Crippen LogP contribution is 2.19. The maximum absolute atomic E-state index is 12.8. The molecule has 0 fully saturated rings. The van der Waals surface area contributed by atoms with Gasteiger partial charge in [0.1, 0.15) is 11.5 Å². The molecule has 0 aliphatic carbocycles. The van der Waals surface area contributed by atoms with Crippen LogP contribution in [0.4, 0.5) is 0 Å². The van der Waals surface area contributed by atoms with E-state index in [0.29, 0.717) is 23.7 Å². The van der Waals surface area contributed by atoms with Crippen LogP contribution < -0.4 is 0 Å². The Bertz CT molecular complexity index is 1100. The van der Waals surface area contributed by atoms with Crippen LogP contribution in [0, 0.1) is 0 Å². The first kappa shape index (κ1) is 16.5. The molecule has 130 valence electrons. The van der Waals surface area contributed by atoms with Crippen LogP contribution >= 0.6 is 11.6 Å². The number of pyridine rings is 1. The van der Waals surface area contributed by atoms with Gasteiger partial charge in [0.05, 0.1) is 11.0 Å². The minimum atomic E-state index is -0.0963. The van der Waals surface area contributed by atoms with Gasteiger partial charge in [-0.05, 0) is 29.7 Å². The van der Waals surface area contributed by atoms with E-state index >= 15 is 0 Å². The van der Waals surface area contributed by atoms with Crippen molar-refractivity contribution in [2.24, 2.45) is 0 Å². The van der Waals surface area contributed by atoms with Gasteiger partial charge in [-0.3, -0.25) is 9.78 Å². The molecule has 26 heavy (non-hydrogen) atoms. The average molecular weight is 365 g/mol. The number of carbonyl (C=O) groups is 1. The summed E-state index contributed by atoms with van der Waals surface area (Å²) in [5.74, 6) is 0.730. The van der Waals surface area contributed by atoms with Crippen LogP contribution in [0.3, 0.4) is 0 Å². The number of imidazole rings is 1. The second-order valence-corrected chi connectivity index (χ2v) is 6.64. The molecule has 0 unspecified atom stereocenters. The Morgan fingerprint density at radius 3 is 2.92 bits per heavy atom. The van der Waals surface area contributed by atoms with E-state index in [0.717, 1.165) is 27.6 Å². The summed E-state index contributed by atoms with van der Waals surface area (Å²) in [7, 11) is 1.78. The van der Waals surface area contributed by atoms with E-state index in [4.69, 9.17) is 11.6 Å². The molecule has 0 saturated heterocycles. The Hall–Kier alpha value is -2.92. The number of halogens is 1. The number of hydrogen-bond donors (Lipinski definition) is 1. The molecule has 0 aliphatic heterocycles. The Kier molecular flexibility index (Phi) is 4.31. The molecule has 0 saturated carbocycles. The molecule has 0 bridgehead atoms. The maximum atomic E-state index is 12.8. The Morgan fingerprint density at radius 1 is 1.19 bits per heavy atom. The smallest absolute Gasteiger partial charge is 0.272 e. The Balaban J connectivity index is 1.51. The fourth-order valence-electron chi connectivity index (χ4n) is 3.00. The second kappa shape index (κ2) is 6.77. The van der Waals surface area contributed by atoms with Crippen molar-refractivity contribution in [2.75, 3.05) is 13.6 Å². The molecule has 0 radical (unpaired) electrons. The molecule has 0 aliphatic rings. The first-order valence-electron chi connectivity index (χ1n) is 8.35. The van der Waals surface area contributed by atoms with E-state index in [1.807, 2.05) is 48.5 Å². The summed E-state index contributed by atoms with van der Waals surface area (Å²) in [6.07, 6.45) is 2.30. The summed E-state index contributed by atoms with van der Waals surface area (Å²) in [6.45, 7) is 0.539. The van der Waals surface area contributed by atoms with Gasteiger partial charge in [-0.2, -0.15) is 0 Å². The number of nitrogens with one attached hydrogen (secondary N) is 1. The van der Waals surface area contributed by atoms with Crippen LogP contribution in [-0.4, -0.2) is 39.4 Å². The lowest BCUT2D eigenvalue weighted by molar-refractivity contribution is 0.0792. The fourth-order valence-corrected chi connectivity index (χ4v) is 3.17. The minimum absolute atomic E-state index is 0.0963. The molecule has 5 nitrogen and oxygen atoms in total. The number of amides is 1. The first-order valence-corrected chi connectivity index (χ1v) is 8.73. The van der Waals surface area contributed by atoms with Gasteiger partial charge in [0, 0.05) is 36.6 Å². The van der Waals surface area contributed by atoms with Crippen LogP contribution in [-0.2, 0) is 6.42 Å². The van der Waals surface area contributed by atoms with Gasteiger partial charge >= 0.3 is 0 Å². The normalized spacial score (nSPS) is 11.2. The predicted octanol–water partition coefficient (Wildman–Crippen LogP) is 4.08. The highest BCUT2D eigenvalue weighted by molar-refractivity contribution is 6.31. The van der Waals surface area contributed by atoms with Crippen molar-refractivity contribution in [1.82, 2.24) is 19.9 Å². The molecule has 6 heteroatoms. The Labute approximate surface area is 155 Å². The van der Waals surface area contributed by atoms with Gasteiger partial charge < -0.3 is 9.88 Å². The van der Waals surface area contributed by atoms with E-state index < -0.39 is 0 Å². The summed E-state index contributed by atoms with van der Waals surface area (Å²) < 4.78 is 0. The van der Waals surface area contributed by atoms with E-state index in [-0.39, 0.29) is 5.91 Å². The third kappa shape index (κ3) is 3.13. The van der Waals surface area contributed by atoms with Crippen LogP contribution in [0.5, 0.6) is 0 Å². The van der Waals surface area contributed by atoms with Gasteiger partial charge in [-0.15, -0.1) is 0 Å². The van der Waals surface area contributed by atoms with Crippen molar-refractivity contribution in [3.63, 3.8) is 0 Å². The number of hydrogen-bond acceptors (Lipinski definition) is 3. The van der Waals surface area contributed by atoms with E-state index in [2.05, 4.69) is 15.0 Å².